The van der Waals surface area contributed by atoms with Gasteiger partial charge in [-0.05, 0) is 27.2 Å². The van der Waals surface area contributed by atoms with Crippen LogP contribution < -0.4 is 15.0 Å². The van der Waals surface area contributed by atoms with Gasteiger partial charge in [-0.2, -0.15) is 4.98 Å². The Hall–Kier alpha value is -2.68. The molecule has 0 spiro atoms. The third-order valence-corrected chi connectivity index (χ3v) is 4.72. The van der Waals surface area contributed by atoms with Crippen LogP contribution in [0, 0.1) is 13.8 Å². The molecule has 1 aliphatic heterocycles. The molecule has 2 aromatic heterocycles. The molecule has 9 heteroatoms. The van der Waals surface area contributed by atoms with Gasteiger partial charge in [0.05, 0.1) is 12.6 Å². The third kappa shape index (κ3) is 4.78. The Kier molecular flexibility index (Phi) is 6.45. The van der Waals surface area contributed by atoms with Crippen LogP contribution in [0.3, 0.4) is 0 Å². The highest BCUT2D eigenvalue weighted by atomic mass is 16.5. The van der Waals surface area contributed by atoms with Crippen LogP contribution in [0.25, 0.3) is 0 Å². The smallest absolute Gasteiger partial charge is 0.242 e. The van der Waals surface area contributed by atoms with Crippen LogP contribution in [0.5, 0.6) is 5.88 Å². The summed E-state index contributed by atoms with van der Waals surface area (Å²) in [5.41, 5.74) is 0.879. The second-order valence-corrected chi connectivity index (χ2v) is 6.84. The molecule has 3 rings (SSSR count). The van der Waals surface area contributed by atoms with Crippen LogP contribution in [-0.2, 0) is 4.79 Å². The first-order valence-corrected chi connectivity index (χ1v) is 9.71. The number of anilines is 2. The summed E-state index contributed by atoms with van der Waals surface area (Å²) in [6.45, 7) is 11.3. The predicted octanol–water partition coefficient (Wildman–Crippen LogP) is 2.02. The number of hydrogen-bond acceptors (Lipinski definition) is 8. The normalized spacial score (nSPS) is 16.1. The predicted molar refractivity (Wildman–Crippen MR) is 106 cm³/mol. The molecule has 1 atom stereocenters. The zero-order valence-electron chi connectivity index (χ0n) is 16.9. The standard InChI is InChI=1S/C19H28N6O3/c1-5-15(18(26)21-16-12-14(4)28-23-16)24-7-9-25(10-8-24)19-20-13(3)11-17(22-19)27-6-2/h11-12,15H,5-10H2,1-4H3,(H,21,23,26). The Morgan fingerprint density at radius 1 is 1.21 bits per heavy atom. The lowest BCUT2D eigenvalue weighted by atomic mass is 10.1. The molecule has 0 aromatic carbocycles. The van der Waals surface area contributed by atoms with E-state index in [-0.39, 0.29) is 11.9 Å². The minimum Gasteiger partial charge on any atom is -0.478 e. The maximum absolute atomic E-state index is 12.7. The molecule has 2 aromatic rings. The van der Waals surface area contributed by atoms with E-state index >= 15 is 0 Å². The van der Waals surface area contributed by atoms with Crippen LogP contribution in [0.15, 0.2) is 16.7 Å². The van der Waals surface area contributed by atoms with Crippen molar-refractivity contribution in [1.29, 1.82) is 0 Å². The Morgan fingerprint density at radius 2 is 1.96 bits per heavy atom. The van der Waals surface area contributed by atoms with E-state index in [1.54, 1.807) is 13.0 Å². The molecule has 152 valence electrons. The van der Waals surface area contributed by atoms with E-state index in [2.05, 4.69) is 30.2 Å². The maximum Gasteiger partial charge on any atom is 0.242 e. The lowest BCUT2D eigenvalue weighted by molar-refractivity contribution is -0.121. The van der Waals surface area contributed by atoms with E-state index < -0.39 is 0 Å². The second-order valence-electron chi connectivity index (χ2n) is 6.84. The Morgan fingerprint density at radius 3 is 2.57 bits per heavy atom. The molecule has 1 amide bonds. The second kappa shape index (κ2) is 9.01. The number of ether oxygens (including phenoxy) is 1. The number of aromatic nitrogens is 3. The van der Waals surface area contributed by atoms with Gasteiger partial charge in [-0.15, -0.1) is 0 Å². The average Bonchev–Trinajstić information content (AvgIpc) is 3.07. The monoisotopic (exact) mass is 388 g/mol. The van der Waals surface area contributed by atoms with Gasteiger partial charge in [-0.1, -0.05) is 12.1 Å². The van der Waals surface area contributed by atoms with Crippen molar-refractivity contribution in [3.63, 3.8) is 0 Å². The lowest BCUT2D eigenvalue weighted by Crippen LogP contribution is -2.54. The van der Waals surface area contributed by atoms with Crippen LogP contribution in [0.4, 0.5) is 11.8 Å². The Bertz CT molecular complexity index is 801. The molecule has 1 saturated heterocycles. The zero-order valence-corrected chi connectivity index (χ0v) is 16.9. The molecule has 1 fully saturated rings. The van der Waals surface area contributed by atoms with E-state index in [0.29, 0.717) is 30.0 Å². The Labute approximate surface area is 165 Å². The van der Waals surface area contributed by atoms with Gasteiger partial charge in [0.2, 0.25) is 17.7 Å². The van der Waals surface area contributed by atoms with Crippen molar-refractivity contribution in [2.24, 2.45) is 0 Å². The highest BCUT2D eigenvalue weighted by Crippen LogP contribution is 2.19. The van der Waals surface area contributed by atoms with Crippen molar-refractivity contribution in [1.82, 2.24) is 20.0 Å². The number of carbonyl (C=O) groups excluding carboxylic acids is 1. The molecule has 0 bridgehead atoms. The van der Waals surface area contributed by atoms with Crippen molar-refractivity contribution in [3.05, 3.63) is 23.6 Å². The van der Waals surface area contributed by atoms with Crippen LogP contribution in [0.2, 0.25) is 0 Å². The van der Waals surface area contributed by atoms with Crippen molar-refractivity contribution >= 4 is 17.7 Å². The summed E-state index contributed by atoms with van der Waals surface area (Å²) in [6, 6.07) is 3.34. The number of carbonyl (C=O) groups is 1. The Balaban J connectivity index is 1.61. The number of rotatable bonds is 7. The van der Waals surface area contributed by atoms with E-state index in [1.807, 2.05) is 26.8 Å². The first-order valence-electron chi connectivity index (χ1n) is 9.71. The van der Waals surface area contributed by atoms with Crippen molar-refractivity contribution < 1.29 is 14.1 Å². The molecule has 0 radical (unpaired) electrons. The number of aryl methyl sites for hydroxylation is 2. The minimum absolute atomic E-state index is 0.0605. The molecule has 1 aliphatic rings. The molecular weight excluding hydrogens is 360 g/mol. The number of amides is 1. The average molecular weight is 388 g/mol. The summed E-state index contributed by atoms with van der Waals surface area (Å²) in [5, 5.41) is 6.68. The minimum atomic E-state index is -0.212. The van der Waals surface area contributed by atoms with Crippen molar-refractivity contribution in [2.75, 3.05) is 43.0 Å². The molecular formula is C19H28N6O3. The molecule has 0 saturated carbocycles. The van der Waals surface area contributed by atoms with Gasteiger partial charge < -0.3 is 19.5 Å². The summed E-state index contributed by atoms with van der Waals surface area (Å²) in [5.74, 6) is 2.34. The van der Waals surface area contributed by atoms with Gasteiger partial charge in [-0.3, -0.25) is 9.69 Å². The quantitative estimate of drug-likeness (QED) is 0.769. The zero-order chi connectivity index (χ0) is 20.1. The fourth-order valence-electron chi connectivity index (χ4n) is 3.37. The highest BCUT2D eigenvalue weighted by molar-refractivity contribution is 5.94. The van der Waals surface area contributed by atoms with E-state index in [9.17, 15) is 4.79 Å². The molecule has 3 heterocycles. The molecule has 1 unspecified atom stereocenters. The molecule has 0 aliphatic carbocycles. The number of nitrogens with zero attached hydrogens (tertiary/aromatic N) is 5. The summed E-state index contributed by atoms with van der Waals surface area (Å²) < 4.78 is 10.5. The fourth-order valence-corrected chi connectivity index (χ4v) is 3.37. The van der Waals surface area contributed by atoms with Crippen molar-refractivity contribution in [3.8, 4) is 5.88 Å². The van der Waals surface area contributed by atoms with E-state index in [0.717, 1.165) is 38.3 Å². The maximum atomic E-state index is 12.7. The topological polar surface area (TPSA) is 96.6 Å². The number of nitrogens with one attached hydrogen (secondary N) is 1. The van der Waals surface area contributed by atoms with Crippen LogP contribution in [-0.4, -0.2) is 64.8 Å². The summed E-state index contributed by atoms with van der Waals surface area (Å²) in [6.07, 6.45) is 0.720. The number of hydrogen-bond donors (Lipinski definition) is 1. The SMILES string of the molecule is CCOc1cc(C)nc(N2CCN(C(CC)C(=O)Nc3cc(C)on3)CC2)n1. The van der Waals surface area contributed by atoms with Gasteiger partial charge in [0, 0.05) is 44.0 Å². The van der Waals surface area contributed by atoms with Crippen LogP contribution >= 0.6 is 0 Å². The van der Waals surface area contributed by atoms with Crippen molar-refractivity contribution in [2.45, 2.75) is 40.2 Å². The summed E-state index contributed by atoms with van der Waals surface area (Å²) >= 11 is 0. The molecule has 28 heavy (non-hydrogen) atoms. The van der Waals surface area contributed by atoms with E-state index in [1.165, 1.54) is 0 Å². The summed E-state index contributed by atoms with van der Waals surface area (Å²) in [7, 11) is 0. The van der Waals surface area contributed by atoms with Gasteiger partial charge in [0.15, 0.2) is 5.82 Å². The van der Waals surface area contributed by atoms with Gasteiger partial charge in [0.25, 0.3) is 0 Å². The number of piperazine rings is 1. The molecule has 9 nitrogen and oxygen atoms in total. The van der Waals surface area contributed by atoms with Gasteiger partial charge in [0.1, 0.15) is 5.76 Å². The highest BCUT2D eigenvalue weighted by Gasteiger charge is 2.29. The summed E-state index contributed by atoms with van der Waals surface area (Å²) in [4.78, 5) is 26.1. The fraction of sp³-hybridized carbons (Fsp3) is 0.579. The van der Waals surface area contributed by atoms with E-state index in [4.69, 9.17) is 9.26 Å². The first kappa shape index (κ1) is 20.1. The first-order chi connectivity index (χ1) is 13.5. The van der Waals surface area contributed by atoms with Gasteiger partial charge in [-0.25, -0.2) is 4.98 Å². The van der Waals surface area contributed by atoms with Gasteiger partial charge >= 0.3 is 0 Å². The largest absolute Gasteiger partial charge is 0.478 e. The lowest BCUT2D eigenvalue weighted by Gasteiger charge is -2.38. The third-order valence-electron chi connectivity index (χ3n) is 4.72. The molecule has 1 N–H and O–H groups in total. The van der Waals surface area contributed by atoms with Crippen LogP contribution in [0.1, 0.15) is 31.7 Å².